The van der Waals surface area contributed by atoms with Crippen LogP contribution in [0.4, 0.5) is 4.79 Å². The van der Waals surface area contributed by atoms with E-state index >= 15 is 0 Å². The number of hydrogen-bond donors (Lipinski definition) is 5. The van der Waals surface area contributed by atoms with E-state index in [4.69, 9.17) is 5.73 Å². The molecule has 3 rings (SSSR count). The highest BCUT2D eigenvalue weighted by Gasteiger charge is 2.05. The second-order valence-corrected chi connectivity index (χ2v) is 5.82. The Labute approximate surface area is 132 Å². The Morgan fingerprint density at radius 3 is 2.23 bits per heavy atom. The number of hydrogen-bond acceptors (Lipinski definition) is 5. The number of carbonyl (C=O) groups excluding carboxylic acids is 1. The summed E-state index contributed by atoms with van der Waals surface area (Å²) in [5.41, 5.74) is 5.02. The molecule has 2 aliphatic rings. The zero-order chi connectivity index (χ0) is 16.4. The van der Waals surface area contributed by atoms with Crippen molar-refractivity contribution in [2.75, 3.05) is 11.5 Å². The Morgan fingerprint density at radius 1 is 1.18 bits per heavy atom. The lowest BCUT2D eigenvalue weighted by atomic mass is 10.4. The fraction of sp³-hybridized carbons (Fsp3) is 0.462. The summed E-state index contributed by atoms with van der Waals surface area (Å²) in [6.45, 7) is 1.65. The Hall–Kier alpha value is -2.00. The fourth-order valence-corrected chi connectivity index (χ4v) is 2.59. The topological polar surface area (TPSA) is 133 Å². The Balaban J connectivity index is 0.000000171. The molecular weight excluding hydrogens is 306 g/mol. The first-order chi connectivity index (χ1) is 10.5. The lowest BCUT2D eigenvalue weighted by Crippen LogP contribution is -2.47. The van der Waals surface area contributed by atoms with Crippen LogP contribution in [-0.4, -0.2) is 33.7 Å². The summed E-state index contributed by atoms with van der Waals surface area (Å²) in [4.78, 5) is 35.6. The molecule has 6 N–H and O–H groups in total. The molecule has 0 aromatic carbocycles. The van der Waals surface area contributed by atoms with Crippen LogP contribution >= 0.6 is 11.8 Å². The largest absolute Gasteiger partial charge is 0.325 e. The van der Waals surface area contributed by atoms with Crippen LogP contribution in [0, 0.1) is 6.92 Å². The molecule has 2 amide bonds. The lowest BCUT2D eigenvalue weighted by Gasteiger charge is -2.13. The van der Waals surface area contributed by atoms with E-state index in [1.54, 1.807) is 13.0 Å². The summed E-state index contributed by atoms with van der Waals surface area (Å²) in [6.07, 6.45) is 5.77. The molecule has 8 nitrogen and oxygen atoms in total. The number of aromatic amines is 2. The van der Waals surface area contributed by atoms with Crippen LogP contribution in [-0.2, 0) is 0 Å². The third-order valence-electron chi connectivity index (χ3n) is 2.54. The molecule has 122 valence electrons. The van der Waals surface area contributed by atoms with Crippen molar-refractivity contribution in [1.82, 2.24) is 20.6 Å². The van der Waals surface area contributed by atoms with E-state index in [1.807, 2.05) is 4.98 Å². The van der Waals surface area contributed by atoms with E-state index in [0.717, 1.165) is 0 Å². The highest BCUT2D eigenvalue weighted by atomic mass is 32.2. The van der Waals surface area contributed by atoms with Crippen molar-refractivity contribution in [1.29, 1.82) is 0 Å². The van der Waals surface area contributed by atoms with Crippen LogP contribution in [0.2, 0.25) is 0 Å². The van der Waals surface area contributed by atoms with Crippen LogP contribution in [0.3, 0.4) is 0 Å². The van der Waals surface area contributed by atoms with Gasteiger partial charge in [0.1, 0.15) is 0 Å². The van der Waals surface area contributed by atoms with Gasteiger partial charge in [-0.3, -0.25) is 9.78 Å². The van der Waals surface area contributed by atoms with Crippen molar-refractivity contribution >= 4 is 17.8 Å². The van der Waals surface area contributed by atoms with Crippen molar-refractivity contribution in [2.45, 2.75) is 25.9 Å². The molecule has 3 heterocycles. The Kier molecular flexibility index (Phi) is 8.08. The molecule has 22 heavy (non-hydrogen) atoms. The van der Waals surface area contributed by atoms with Crippen LogP contribution in [0.15, 0.2) is 27.9 Å². The van der Waals surface area contributed by atoms with Gasteiger partial charge < -0.3 is 21.4 Å². The van der Waals surface area contributed by atoms with Crippen molar-refractivity contribution < 1.29 is 4.79 Å². The van der Waals surface area contributed by atoms with Gasteiger partial charge in [0.25, 0.3) is 5.56 Å². The number of aromatic nitrogens is 2. The second kappa shape index (κ2) is 9.85. The molecule has 1 aromatic heterocycles. The minimum absolute atomic E-state index is 0.250. The third-order valence-corrected chi connectivity index (χ3v) is 3.69. The first kappa shape index (κ1) is 18.1. The van der Waals surface area contributed by atoms with E-state index in [-0.39, 0.29) is 17.8 Å². The summed E-state index contributed by atoms with van der Waals surface area (Å²) in [7, 11) is 0. The van der Waals surface area contributed by atoms with Crippen LogP contribution < -0.4 is 27.6 Å². The van der Waals surface area contributed by atoms with Gasteiger partial charge in [-0.1, -0.05) is 0 Å². The van der Waals surface area contributed by atoms with Crippen molar-refractivity contribution in [3.8, 4) is 0 Å². The van der Waals surface area contributed by atoms with E-state index in [1.165, 1.54) is 36.6 Å². The molecule has 1 saturated heterocycles. The summed E-state index contributed by atoms with van der Waals surface area (Å²) >= 11 is 2.07. The molecule has 1 unspecified atom stereocenters. The molecule has 0 radical (unpaired) electrons. The van der Waals surface area contributed by atoms with Gasteiger partial charge in [0, 0.05) is 18.0 Å². The first-order valence-corrected chi connectivity index (χ1v) is 8.00. The first-order valence-electron chi connectivity index (χ1n) is 6.84. The number of aryl methyl sites for hydroxylation is 1. The van der Waals surface area contributed by atoms with Crippen LogP contribution in [0.25, 0.3) is 0 Å². The van der Waals surface area contributed by atoms with Gasteiger partial charge in [-0.15, -0.1) is 0 Å². The maximum Gasteiger partial charge on any atom is 0.325 e. The number of urea groups is 1. The minimum Gasteiger partial charge on any atom is -0.319 e. The molecule has 1 fully saturated rings. The van der Waals surface area contributed by atoms with E-state index in [2.05, 4.69) is 27.4 Å². The number of rotatable bonds is 0. The summed E-state index contributed by atoms with van der Waals surface area (Å²) in [5.74, 6) is 2.83. The van der Waals surface area contributed by atoms with E-state index < -0.39 is 5.69 Å². The number of H-pyrrole nitrogens is 2. The zero-order valence-electron chi connectivity index (χ0n) is 12.3. The standard InChI is InChI=1S/C5H6N2O2.C4H7N3O.C4H8S/c1-3-2-4(8)7-5(9)6-3;5-3-1-2-6-4(8)7-3;1-2-4-5-3-1/h2H,1H3,(H2,6,7,8,9);1-3H,5H2,(H2,6,7,8);1-4H2. The third kappa shape index (κ3) is 8.32. The quantitative estimate of drug-likeness (QED) is 0.457. The second-order valence-electron chi connectivity index (χ2n) is 4.59. The van der Waals surface area contributed by atoms with Crippen LogP contribution in [0.1, 0.15) is 18.5 Å². The maximum atomic E-state index is 10.4. The van der Waals surface area contributed by atoms with Crippen molar-refractivity contribution in [3.63, 3.8) is 0 Å². The predicted molar refractivity (Wildman–Crippen MR) is 87.8 cm³/mol. The summed E-state index contributed by atoms with van der Waals surface area (Å²) in [6, 6.07) is 1.07. The predicted octanol–water partition coefficient (Wildman–Crippen LogP) is -0.0173. The van der Waals surface area contributed by atoms with Gasteiger partial charge in [0.2, 0.25) is 0 Å². The maximum absolute atomic E-state index is 10.4. The van der Waals surface area contributed by atoms with Crippen LogP contribution in [0.5, 0.6) is 0 Å². The molecule has 2 aliphatic heterocycles. The van der Waals surface area contributed by atoms with Crippen molar-refractivity contribution in [2.24, 2.45) is 5.73 Å². The lowest BCUT2D eigenvalue weighted by molar-refractivity contribution is 0.241. The molecule has 1 aromatic rings. The molecule has 0 aliphatic carbocycles. The summed E-state index contributed by atoms with van der Waals surface area (Å²) in [5, 5.41) is 4.82. The summed E-state index contributed by atoms with van der Waals surface area (Å²) < 4.78 is 0. The smallest absolute Gasteiger partial charge is 0.319 e. The van der Waals surface area contributed by atoms with Crippen molar-refractivity contribution in [3.05, 3.63) is 44.9 Å². The molecule has 0 saturated carbocycles. The fourth-order valence-electron chi connectivity index (χ4n) is 1.57. The normalized spacial score (nSPS) is 19.0. The minimum atomic E-state index is -0.458. The average Bonchev–Trinajstić information content (AvgIpc) is 2.96. The molecular formula is C13H21N5O3S. The molecule has 1 atom stereocenters. The number of amides is 2. The SMILES string of the molecule is C1CCSC1.Cc1cc(=O)[nH]c(=O)[nH]1.NC1C=CNC(=O)N1. The highest BCUT2D eigenvalue weighted by molar-refractivity contribution is 7.99. The van der Waals surface area contributed by atoms with Gasteiger partial charge in [0.15, 0.2) is 0 Å². The molecule has 9 heteroatoms. The van der Waals surface area contributed by atoms with Gasteiger partial charge in [-0.05, 0) is 37.3 Å². The number of thioether (sulfide) groups is 1. The van der Waals surface area contributed by atoms with Gasteiger partial charge >= 0.3 is 11.7 Å². The van der Waals surface area contributed by atoms with E-state index in [0.29, 0.717) is 5.69 Å². The number of nitrogens with two attached hydrogens (primary N) is 1. The van der Waals surface area contributed by atoms with Gasteiger partial charge in [-0.2, -0.15) is 11.8 Å². The van der Waals surface area contributed by atoms with E-state index in [9.17, 15) is 14.4 Å². The average molecular weight is 327 g/mol. The molecule has 0 bridgehead atoms. The van der Waals surface area contributed by atoms with Gasteiger partial charge in [-0.25, -0.2) is 9.59 Å². The Morgan fingerprint density at radius 2 is 1.86 bits per heavy atom. The number of nitrogens with one attached hydrogen (secondary N) is 4. The highest BCUT2D eigenvalue weighted by Crippen LogP contribution is 2.14. The zero-order valence-corrected chi connectivity index (χ0v) is 13.2. The Bertz CT molecular complexity index is 570. The molecule has 0 spiro atoms. The number of carbonyl (C=O) groups is 1. The monoisotopic (exact) mass is 327 g/mol. The van der Waals surface area contributed by atoms with Gasteiger partial charge in [0.05, 0.1) is 6.17 Å².